The zero-order chi connectivity index (χ0) is 12.3. The van der Waals surface area contributed by atoms with Gasteiger partial charge in [-0.15, -0.1) is 0 Å². The van der Waals surface area contributed by atoms with Crippen molar-refractivity contribution in [1.29, 1.82) is 0 Å². The van der Waals surface area contributed by atoms with E-state index in [9.17, 15) is 5.11 Å². The van der Waals surface area contributed by atoms with Crippen LogP contribution in [0.2, 0.25) is 10.0 Å². The summed E-state index contributed by atoms with van der Waals surface area (Å²) >= 11 is 11.9. The van der Waals surface area contributed by atoms with Crippen LogP contribution >= 0.6 is 23.2 Å². The molecule has 17 heavy (non-hydrogen) atoms. The molecule has 2 rings (SSSR count). The van der Waals surface area contributed by atoms with E-state index in [4.69, 9.17) is 27.9 Å². The molecule has 0 aliphatic carbocycles. The van der Waals surface area contributed by atoms with E-state index in [2.05, 4.69) is 0 Å². The molecule has 0 unspecified atom stereocenters. The molecule has 0 aliphatic rings. The standard InChI is InChI=1S/C13H10Cl2O2/c14-11-3-1-2-4-13(11)17-8-9-5-6-10(16)7-12(9)15/h1-7,16H,8H2. The first-order chi connectivity index (χ1) is 8.16. The van der Waals surface area contributed by atoms with Crippen LogP contribution in [0.5, 0.6) is 11.5 Å². The highest BCUT2D eigenvalue weighted by atomic mass is 35.5. The minimum Gasteiger partial charge on any atom is -0.508 e. The monoisotopic (exact) mass is 268 g/mol. The zero-order valence-electron chi connectivity index (χ0n) is 8.86. The lowest BCUT2D eigenvalue weighted by molar-refractivity contribution is 0.306. The third-order valence-corrected chi connectivity index (χ3v) is 2.92. The summed E-state index contributed by atoms with van der Waals surface area (Å²) in [6.45, 7) is 0.308. The van der Waals surface area contributed by atoms with Gasteiger partial charge < -0.3 is 9.84 Å². The number of para-hydroxylation sites is 1. The quantitative estimate of drug-likeness (QED) is 0.901. The number of rotatable bonds is 3. The summed E-state index contributed by atoms with van der Waals surface area (Å²) in [5.74, 6) is 0.745. The first kappa shape index (κ1) is 12.1. The van der Waals surface area contributed by atoms with Crippen LogP contribution in [-0.4, -0.2) is 5.11 Å². The highest BCUT2D eigenvalue weighted by molar-refractivity contribution is 6.32. The van der Waals surface area contributed by atoms with E-state index in [0.29, 0.717) is 22.4 Å². The molecular weight excluding hydrogens is 259 g/mol. The number of hydrogen-bond donors (Lipinski definition) is 1. The molecule has 2 aromatic carbocycles. The normalized spacial score (nSPS) is 10.2. The smallest absolute Gasteiger partial charge is 0.138 e. The number of phenolic OH excluding ortho intramolecular Hbond substituents is 1. The van der Waals surface area contributed by atoms with E-state index in [1.807, 2.05) is 12.1 Å². The Hall–Kier alpha value is -1.38. The number of phenols is 1. The third-order valence-electron chi connectivity index (χ3n) is 2.26. The van der Waals surface area contributed by atoms with Crippen molar-refractivity contribution in [3.8, 4) is 11.5 Å². The maximum absolute atomic E-state index is 9.22. The van der Waals surface area contributed by atoms with Crippen LogP contribution in [0.1, 0.15) is 5.56 Å². The van der Waals surface area contributed by atoms with Crippen molar-refractivity contribution in [1.82, 2.24) is 0 Å². The van der Waals surface area contributed by atoms with Gasteiger partial charge in [-0.25, -0.2) is 0 Å². The SMILES string of the molecule is Oc1ccc(COc2ccccc2Cl)c(Cl)c1. The van der Waals surface area contributed by atoms with E-state index in [1.54, 1.807) is 24.3 Å². The number of benzene rings is 2. The molecule has 0 fully saturated rings. The topological polar surface area (TPSA) is 29.5 Å². The summed E-state index contributed by atoms with van der Waals surface area (Å²) in [6.07, 6.45) is 0. The first-order valence-corrected chi connectivity index (χ1v) is 5.77. The molecule has 2 aromatic rings. The average Bonchev–Trinajstić information content (AvgIpc) is 2.30. The highest BCUT2D eigenvalue weighted by Crippen LogP contribution is 2.26. The maximum Gasteiger partial charge on any atom is 0.138 e. The van der Waals surface area contributed by atoms with E-state index in [0.717, 1.165) is 5.56 Å². The molecule has 0 atom stereocenters. The van der Waals surface area contributed by atoms with Gasteiger partial charge in [-0.1, -0.05) is 41.4 Å². The van der Waals surface area contributed by atoms with Crippen molar-refractivity contribution in [3.63, 3.8) is 0 Å². The lowest BCUT2D eigenvalue weighted by Gasteiger charge is -2.09. The van der Waals surface area contributed by atoms with Gasteiger partial charge in [0.25, 0.3) is 0 Å². The van der Waals surface area contributed by atoms with E-state index >= 15 is 0 Å². The molecule has 1 N–H and O–H groups in total. The van der Waals surface area contributed by atoms with Gasteiger partial charge in [0.05, 0.1) is 10.0 Å². The van der Waals surface area contributed by atoms with Gasteiger partial charge in [-0.05, 0) is 24.3 Å². The molecular formula is C13H10Cl2O2. The summed E-state index contributed by atoms with van der Waals surface area (Å²) in [7, 11) is 0. The van der Waals surface area contributed by atoms with Crippen molar-refractivity contribution >= 4 is 23.2 Å². The minimum absolute atomic E-state index is 0.136. The molecule has 0 radical (unpaired) electrons. The molecule has 0 bridgehead atoms. The fraction of sp³-hybridized carbons (Fsp3) is 0.0769. The van der Waals surface area contributed by atoms with E-state index in [1.165, 1.54) is 6.07 Å². The molecule has 4 heteroatoms. The Morgan fingerprint density at radius 3 is 2.47 bits per heavy atom. The first-order valence-electron chi connectivity index (χ1n) is 5.01. The van der Waals surface area contributed by atoms with Crippen LogP contribution in [0.4, 0.5) is 0 Å². The highest BCUT2D eigenvalue weighted by Gasteiger charge is 2.04. The molecule has 0 heterocycles. The molecule has 2 nitrogen and oxygen atoms in total. The number of ether oxygens (including phenoxy) is 1. The number of hydrogen-bond acceptors (Lipinski definition) is 2. The van der Waals surface area contributed by atoms with Gasteiger partial charge in [0.2, 0.25) is 0 Å². The van der Waals surface area contributed by atoms with Crippen molar-refractivity contribution in [3.05, 3.63) is 58.1 Å². The lowest BCUT2D eigenvalue weighted by Crippen LogP contribution is -1.96. The summed E-state index contributed by atoms with van der Waals surface area (Å²) in [5, 5.41) is 10.2. The Morgan fingerprint density at radius 2 is 1.76 bits per heavy atom. The number of aromatic hydroxyl groups is 1. The van der Waals surface area contributed by atoms with Crippen LogP contribution in [0.25, 0.3) is 0 Å². The summed E-state index contributed by atoms with van der Waals surface area (Å²) in [6, 6.07) is 12.0. The van der Waals surface area contributed by atoms with Crippen LogP contribution in [-0.2, 0) is 6.61 Å². The van der Waals surface area contributed by atoms with Crippen molar-refractivity contribution < 1.29 is 9.84 Å². The summed E-state index contributed by atoms with van der Waals surface area (Å²) in [4.78, 5) is 0. The molecule has 0 spiro atoms. The zero-order valence-corrected chi connectivity index (χ0v) is 10.4. The van der Waals surface area contributed by atoms with Crippen LogP contribution in [0.15, 0.2) is 42.5 Å². The maximum atomic E-state index is 9.22. The fourth-order valence-corrected chi connectivity index (χ4v) is 1.79. The molecule has 0 amide bonds. The van der Waals surface area contributed by atoms with Crippen molar-refractivity contribution in [2.75, 3.05) is 0 Å². The fourth-order valence-electron chi connectivity index (χ4n) is 1.37. The van der Waals surface area contributed by atoms with Gasteiger partial charge in [-0.3, -0.25) is 0 Å². The average molecular weight is 269 g/mol. The van der Waals surface area contributed by atoms with Gasteiger partial charge in [0, 0.05) is 5.56 Å². The van der Waals surface area contributed by atoms with Crippen LogP contribution < -0.4 is 4.74 Å². The van der Waals surface area contributed by atoms with Crippen LogP contribution in [0, 0.1) is 0 Å². The summed E-state index contributed by atoms with van der Waals surface area (Å²) < 4.78 is 5.55. The summed E-state index contributed by atoms with van der Waals surface area (Å²) in [5.41, 5.74) is 0.796. The van der Waals surface area contributed by atoms with E-state index in [-0.39, 0.29) is 5.75 Å². The predicted molar refractivity (Wildman–Crippen MR) is 68.9 cm³/mol. The number of halogens is 2. The Morgan fingerprint density at radius 1 is 1.00 bits per heavy atom. The molecule has 0 saturated carbocycles. The van der Waals surface area contributed by atoms with E-state index < -0.39 is 0 Å². The largest absolute Gasteiger partial charge is 0.508 e. The molecule has 0 aliphatic heterocycles. The predicted octanol–water partition coefficient (Wildman–Crippen LogP) is 4.28. The molecule has 0 saturated heterocycles. The Balaban J connectivity index is 2.10. The van der Waals surface area contributed by atoms with Crippen LogP contribution in [0.3, 0.4) is 0 Å². The molecule has 88 valence electrons. The Bertz CT molecular complexity index is 527. The lowest BCUT2D eigenvalue weighted by atomic mass is 10.2. The van der Waals surface area contributed by atoms with Gasteiger partial charge in [0.15, 0.2) is 0 Å². The van der Waals surface area contributed by atoms with Crippen molar-refractivity contribution in [2.24, 2.45) is 0 Å². The molecule has 0 aromatic heterocycles. The second-order valence-electron chi connectivity index (χ2n) is 3.49. The Kier molecular flexibility index (Phi) is 3.77. The minimum atomic E-state index is 0.136. The van der Waals surface area contributed by atoms with Gasteiger partial charge >= 0.3 is 0 Å². The Labute approximate surface area is 109 Å². The second-order valence-corrected chi connectivity index (χ2v) is 4.31. The van der Waals surface area contributed by atoms with Gasteiger partial charge in [-0.2, -0.15) is 0 Å². The third kappa shape index (κ3) is 3.05. The van der Waals surface area contributed by atoms with Gasteiger partial charge in [0.1, 0.15) is 18.1 Å². The second kappa shape index (κ2) is 5.30. The van der Waals surface area contributed by atoms with Crippen molar-refractivity contribution in [2.45, 2.75) is 6.61 Å².